The highest BCUT2D eigenvalue weighted by Gasteiger charge is 2.24. The van der Waals surface area contributed by atoms with Gasteiger partial charge in [0.05, 0.1) is 17.1 Å². The molecule has 0 amide bonds. The molecular weight excluding hydrogens is 226 g/mol. The number of rotatable bonds is 5. The van der Waals surface area contributed by atoms with Crippen molar-refractivity contribution in [3.63, 3.8) is 0 Å². The van der Waals surface area contributed by atoms with E-state index in [-0.39, 0.29) is 24.1 Å². The molecule has 0 aliphatic carbocycles. The second kappa shape index (κ2) is 4.91. The van der Waals surface area contributed by atoms with Crippen LogP contribution in [-0.2, 0) is 0 Å². The smallest absolute Gasteiger partial charge is 0.329 e. The SMILES string of the molecule is CNc1ncc([N+](=O)[O-])c(NC(C)(C)CO)n1. The number of aliphatic hydroxyl groups is 1. The highest BCUT2D eigenvalue weighted by molar-refractivity contribution is 5.58. The van der Waals surface area contributed by atoms with Gasteiger partial charge < -0.3 is 15.7 Å². The van der Waals surface area contributed by atoms with Crippen LogP contribution in [0.5, 0.6) is 0 Å². The van der Waals surface area contributed by atoms with Gasteiger partial charge in [-0.15, -0.1) is 0 Å². The average molecular weight is 241 g/mol. The van der Waals surface area contributed by atoms with Crippen LogP contribution in [0.1, 0.15) is 13.8 Å². The molecule has 0 aliphatic rings. The predicted molar refractivity (Wildman–Crippen MR) is 63.0 cm³/mol. The van der Waals surface area contributed by atoms with Crippen LogP contribution in [0.4, 0.5) is 17.5 Å². The Hall–Kier alpha value is -1.96. The van der Waals surface area contributed by atoms with Gasteiger partial charge >= 0.3 is 5.69 Å². The quantitative estimate of drug-likeness (QED) is 0.511. The Morgan fingerprint density at radius 2 is 2.24 bits per heavy atom. The molecule has 0 aromatic carbocycles. The number of anilines is 2. The van der Waals surface area contributed by atoms with Crippen molar-refractivity contribution in [3.05, 3.63) is 16.3 Å². The van der Waals surface area contributed by atoms with Crippen LogP contribution in [0.15, 0.2) is 6.20 Å². The molecule has 0 unspecified atom stereocenters. The lowest BCUT2D eigenvalue weighted by atomic mass is 10.1. The van der Waals surface area contributed by atoms with Gasteiger partial charge in [0.25, 0.3) is 0 Å². The van der Waals surface area contributed by atoms with Crippen molar-refractivity contribution < 1.29 is 10.0 Å². The molecule has 0 atom stereocenters. The normalized spacial score (nSPS) is 11.1. The van der Waals surface area contributed by atoms with Gasteiger partial charge in [-0.1, -0.05) is 0 Å². The molecule has 0 saturated heterocycles. The lowest BCUT2D eigenvalue weighted by Gasteiger charge is -2.23. The minimum absolute atomic E-state index is 0.0772. The van der Waals surface area contributed by atoms with Crippen molar-refractivity contribution in [2.75, 3.05) is 24.3 Å². The zero-order chi connectivity index (χ0) is 13.1. The number of hydrogen-bond donors (Lipinski definition) is 3. The van der Waals surface area contributed by atoms with Crippen molar-refractivity contribution in [1.82, 2.24) is 9.97 Å². The third-order valence-electron chi connectivity index (χ3n) is 2.04. The molecule has 0 spiro atoms. The first kappa shape index (κ1) is 13.1. The van der Waals surface area contributed by atoms with E-state index in [0.29, 0.717) is 0 Å². The zero-order valence-electron chi connectivity index (χ0n) is 9.89. The maximum absolute atomic E-state index is 10.8. The summed E-state index contributed by atoms with van der Waals surface area (Å²) in [6.07, 6.45) is 1.12. The molecule has 0 bridgehead atoms. The first-order chi connectivity index (χ1) is 7.89. The van der Waals surface area contributed by atoms with Crippen molar-refractivity contribution in [2.45, 2.75) is 19.4 Å². The monoisotopic (exact) mass is 241 g/mol. The Kier molecular flexibility index (Phi) is 3.79. The summed E-state index contributed by atoms with van der Waals surface area (Å²) in [5.41, 5.74) is -0.935. The molecule has 8 nitrogen and oxygen atoms in total. The third-order valence-corrected chi connectivity index (χ3v) is 2.04. The maximum Gasteiger partial charge on any atom is 0.329 e. The maximum atomic E-state index is 10.8. The zero-order valence-corrected chi connectivity index (χ0v) is 9.89. The van der Waals surface area contributed by atoms with Gasteiger partial charge in [0.1, 0.15) is 6.20 Å². The molecular formula is C9H15N5O3. The molecule has 1 heterocycles. The molecule has 94 valence electrons. The Balaban J connectivity index is 3.13. The first-order valence-corrected chi connectivity index (χ1v) is 4.98. The number of hydrogen-bond acceptors (Lipinski definition) is 7. The van der Waals surface area contributed by atoms with Gasteiger partial charge in [0, 0.05) is 7.05 Å². The van der Waals surface area contributed by atoms with Crippen molar-refractivity contribution >= 4 is 17.5 Å². The molecule has 0 fully saturated rings. The van der Waals surface area contributed by atoms with Gasteiger partial charge in [0.2, 0.25) is 11.8 Å². The van der Waals surface area contributed by atoms with Gasteiger partial charge in [-0.3, -0.25) is 10.1 Å². The van der Waals surface area contributed by atoms with Crippen LogP contribution < -0.4 is 10.6 Å². The summed E-state index contributed by atoms with van der Waals surface area (Å²) in [7, 11) is 1.61. The minimum Gasteiger partial charge on any atom is -0.394 e. The molecule has 1 rings (SSSR count). The molecule has 0 radical (unpaired) electrons. The van der Waals surface area contributed by atoms with E-state index < -0.39 is 10.5 Å². The fourth-order valence-corrected chi connectivity index (χ4v) is 1.08. The van der Waals surface area contributed by atoms with Crippen LogP contribution in [0.25, 0.3) is 0 Å². The van der Waals surface area contributed by atoms with Crippen molar-refractivity contribution in [1.29, 1.82) is 0 Å². The molecule has 1 aromatic heterocycles. The molecule has 8 heteroatoms. The number of aliphatic hydroxyl groups excluding tert-OH is 1. The molecule has 3 N–H and O–H groups in total. The summed E-state index contributed by atoms with van der Waals surface area (Å²) in [5, 5.41) is 25.4. The summed E-state index contributed by atoms with van der Waals surface area (Å²) in [6.45, 7) is 3.23. The molecule has 0 aliphatic heterocycles. The highest BCUT2D eigenvalue weighted by Crippen LogP contribution is 2.24. The second-order valence-corrected chi connectivity index (χ2v) is 4.10. The number of nitrogens with one attached hydrogen (secondary N) is 2. The van der Waals surface area contributed by atoms with E-state index in [2.05, 4.69) is 20.6 Å². The van der Waals surface area contributed by atoms with E-state index in [1.54, 1.807) is 20.9 Å². The van der Waals surface area contributed by atoms with E-state index >= 15 is 0 Å². The van der Waals surface area contributed by atoms with Gasteiger partial charge in [-0.25, -0.2) is 4.98 Å². The van der Waals surface area contributed by atoms with Crippen LogP contribution in [0, 0.1) is 10.1 Å². The predicted octanol–water partition coefficient (Wildman–Crippen LogP) is 0.609. The first-order valence-electron chi connectivity index (χ1n) is 4.98. The van der Waals surface area contributed by atoms with E-state index in [0.717, 1.165) is 6.20 Å². The number of nitrogens with zero attached hydrogens (tertiary/aromatic N) is 3. The minimum atomic E-state index is -0.704. The van der Waals surface area contributed by atoms with Crippen molar-refractivity contribution in [2.24, 2.45) is 0 Å². The summed E-state index contributed by atoms with van der Waals surface area (Å²) >= 11 is 0. The fraction of sp³-hybridized carbons (Fsp3) is 0.556. The van der Waals surface area contributed by atoms with Crippen LogP contribution in [0.2, 0.25) is 0 Å². The topological polar surface area (TPSA) is 113 Å². The van der Waals surface area contributed by atoms with Gasteiger partial charge in [-0.05, 0) is 13.8 Å². The van der Waals surface area contributed by atoms with Crippen LogP contribution >= 0.6 is 0 Å². The average Bonchev–Trinajstić information content (AvgIpc) is 2.28. The van der Waals surface area contributed by atoms with E-state index in [9.17, 15) is 10.1 Å². The van der Waals surface area contributed by atoms with Gasteiger partial charge in [-0.2, -0.15) is 4.98 Å². The summed E-state index contributed by atoms with van der Waals surface area (Å²) in [5.74, 6) is 0.347. The fourth-order valence-electron chi connectivity index (χ4n) is 1.08. The summed E-state index contributed by atoms with van der Waals surface area (Å²) in [6, 6.07) is 0. The molecule has 17 heavy (non-hydrogen) atoms. The van der Waals surface area contributed by atoms with Crippen molar-refractivity contribution in [3.8, 4) is 0 Å². The largest absolute Gasteiger partial charge is 0.394 e. The molecule has 1 aromatic rings. The van der Waals surface area contributed by atoms with E-state index in [1.165, 1.54) is 0 Å². The Bertz CT molecular complexity index is 421. The highest BCUT2D eigenvalue weighted by atomic mass is 16.6. The van der Waals surface area contributed by atoms with E-state index in [1.807, 2.05) is 0 Å². The number of aromatic nitrogens is 2. The van der Waals surface area contributed by atoms with Crippen LogP contribution in [0.3, 0.4) is 0 Å². The lowest BCUT2D eigenvalue weighted by Crippen LogP contribution is -2.35. The summed E-state index contributed by atoms with van der Waals surface area (Å²) in [4.78, 5) is 18.0. The second-order valence-electron chi connectivity index (χ2n) is 4.10. The van der Waals surface area contributed by atoms with E-state index in [4.69, 9.17) is 5.11 Å². The molecule has 0 saturated carbocycles. The van der Waals surface area contributed by atoms with Gasteiger partial charge in [0.15, 0.2) is 0 Å². The summed E-state index contributed by atoms with van der Waals surface area (Å²) < 4.78 is 0. The lowest BCUT2D eigenvalue weighted by molar-refractivity contribution is -0.384. The number of nitro groups is 1. The Morgan fingerprint density at radius 1 is 1.59 bits per heavy atom. The third kappa shape index (κ3) is 3.25. The Labute approximate surface area is 98.2 Å². The Morgan fingerprint density at radius 3 is 2.71 bits per heavy atom. The van der Waals surface area contributed by atoms with Crippen LogP contribution in [-0.4, -0.2) is 39.2 Å². The standard InChI is InChI=1S/C9H15N5O3/c1-9(2,5-15)13-7-6(14(16)17)4-11-8(10-3)12-7/h4,15H,5H2,1-3H3,(H2,10,11,12,13).